The predicted octanol–water partition coefficient (Wildman–Crippen LogP) is 3.80. The van der Waals surface area contributed by atoms with E-state index in [-0.39, 0.29) is 18.9 Å². The van der Waals surface area contributed by atoms with Gasteiger partial charge in [0.25, 0.3) is 5.91 Å². The lowest BCUT2D eigenvalue weighted by Crippen LogP contribution is -2.28. The molecule has 0 radical (unpaired) electrons. The van der Waals surface area contributed by atoms with Crippen molar-refractivity contribution in [2.45, 2.75) is 27.2 Å². The molecule has 2 aromatic carbocycles. The van der Waals surface area contributed by atoms with Gasteiger partial charge in [-0.05, 0) is 61.7 Å². The first-order valence-corrected chi connectivity index (χ1v) is 9.72. The number of ether oxygens (including phenoxy) is 1. The second-order valence-corrected chi connectivity index (χ2v) is 7.70. The summed E-state index contributed by atoms with van der Waals surface area (Å²) >= 11 is 6.13. The summed E-state index contributed by atoms with van der Waals surface area (Å²) in [4.78, 5) is 38.2. The fraction of sp³-hybridized carbons (Fsp3) is 0.318. The average molecular weight is 415 g/mol. The SMILES string of the molecule is Cc1ccc(NC(=O)COC(=O)[C@@H]2CC(=O)N(c3ccc(C)c(Cl)c3)C2)cc1C. The van der Waals surface area contributed by atoms with Crippen molar-refractivity contribution in [2.75, 3.05) is 23.4 Å². The molecule has 3 rings (SSSR count). The lowest BCUT2D eigenvalue weighted by Gasteiger charge is -2.17. The number of carbonyl (C=O) groups excluding carboxylic acids is 3. The molecule has 152 valence electrons. The second-order valence-electron chi connectivity index (χ2n) is 7.29. The summed E-state index contributed by atoms with van der Waals surface area (Å²) in [5.74, 6) is -1.77. The van der Waals surface area contributed by atoms with Gasteiger partial charge in [0.2, 0.25) is 5.91 Å². The maximum Gasteiger partial charge on any atom is 0.311 e. The molecule has 6 nitrogen and oxygen atoms in total. The van der Waals surface area contributed by atoms with Crippen LogP contribution in [-0.4, -0.2) is 30.9 Å². The zero-order valence-electron chi connectivity index (χ0n) is 16.6. The summed E-state index contributed by atoms with van der Waals surface area (Å²) in [6, 6.07) is 10.9. The van der Waals surface area contributed by atoms with Gasteiger partial charge in [-0.2, -0.15) is 0 Å². The Morgan fingerprint density at radius 1 is 1.10 bits per heavy atom. The molecule has 1 aliphatic rings. The van der Waals surface area contributed by atoms with Crippen molar-refractivity contribution in [3.8, 4) is 0 Å². The monoisotopic (exact) mass is 414 g/mol. The number of hydrogen-bond donors (Lipinski definition) is 1. The van der Waals surface area contributed by atoms with Gasteiger partial charge in [0.15, 0.2) is 6.61 Å². The average Bonchev–Trinajstić information content (AvgIpc) is 3.07. The number of nitrogens with one attached hydrogen (secondary N) is 1. The van der Waals surface area contributed by atoms with E-state index >= 15 is 0 Å². The highest BCUT2D eigenvalue weighted by molar-refractivity contribution is 6.31. The molecule has 2 amide bonds. The smallest absolute Gasteiger partial charge is 0.311 e. The van der Waals surface area contributed by atoms with Crippen LogP contribution in [0.25, 0.3) is 0 Å². The van der Waals surface area contributed by atoms with Crippen molar-refractivity contribution in [3.63, 3.8) is 0 Å². The molecular weight excluding hydrogens is 392 g/mol. The van der Waals surface area contributed by atoms with Gasteiger partial charge in [-0.3, -0.25) is 14.4 Å². The number of carbonyl (C=O) groups is 3. The van der Waals surface area contributed by atoms with Gasteiger partial charge in [0, 0.05) is 29.4 Å². The van der Waals surface area contributed by atoms with Gasteiger partial charge in [0.1, 0.15) is 0 Å². The van der Waals surface area contributed by atoms with Crippen molar-refractivity contribution in [1.82, 2.24) is 0 Å². The first-order valence-electron chi connectivity index (χ1n) is 9.35. The molecule has 0 spiro atoms. The van der Waals surface area contributed by atoms with E-state index in [0.29, 0.717) is 16.4 Å². The van der Waals surface area contributed by atoms with Crippen LogP contribution >= 0.6 is 11.6 Å². The quantitative estimate of drug-likeness (QED) is 0.755. The minimum Gasteiger partial charge on any atom is -0.455 e. The van der Waals surface area contributed by atoms with Crippen molar-refractivity contribution >= 4 is 40.8 Å². The Morgan fingerprint density at radius 3 is 2.52 bits per heavy atom. The Kier molecular flexibility index (Phi) is 6.23. The number of amides is 2. The zero-order chi connectivity index (χ0) is 21.1. The van der Waals surface area contributed by atoms with Crippen LogP contribution in [-0.2, 0) is 19.1 Å². The highest BCUT2D eigenvalue weighted by Crippen LogP contribution is 2.29. The zero-order valence-corrected chi connectivity index (χ0v) is 17.4. The van der Waals surface area contributed by atoms with Crippen LogP contribution < -0.4 is 10.2 Å². The van der Waals surface area contributed by atoms with E-state index in [1.807, 2.05) is 39.0 Å². The van der Waals surface area contributed by atoms with Crippen molar-refractivity contribution in [1.29, 1.82) is 0 Å². The fourth-order valence-corrected chi connectivity index (χ4v) is 3.31. The Balaban J connectivity index is 1.54. The number of nitrogens with zero attached hydrogens (tertiary/aromatic N) is 1. The highest BCUT2D eigenvalue weighted by atomic mass is 35.5. The minimum absolute atomic E-state index is 0.0447. The number of hydrogen-bond acceptors (Lipinski definition) is 4. The van der Waals surface area contributed by atoms with Crippen LogP contribution in [0, 0.1) is 26.7 Å². The van der Waals surface area contributed by atoms with E-state index in [2.05, 4.69) is 5.32 Å². The van der Waals surface area contributed by atoms with E-state index in [9.17, 15) is 14.4 Å². The fourth-order valence-electron chi connectivity index (χ4n) is 3.14. The first-order chi connectivity index (χ1) is 13.7. The third kappa shape index (κ3) is 4.95. The Morgan fingerprint density at radius 2 is 1.83 bits per heavy atom. The van der Waals surface area contributed by atoms with E-state index in [0.717, 1.165) is 16.7 Å². The van der Waals surface area contributed by atoms with Gasteiger partial charge < -0.3 is 15.0 Å². The molecule has 0 unspecified atom stereocenters. The second kappa shape index (κ2) is 8.66. The van der Waals surface area contributed by atoms with Gasteiger partial charge in [-0.1, -0.05) is 23.7 Å². The van der Waals surface area contributed by atoms with E-state index < -0.39 is 24.4 Å². The summed E-state index contributed by atoms with van der Waals surface area (Å²) in [7, 11) is 0. The summed E-state index contributed by atoms with van der Waals surface area (Å²) in [5.41, 5.74) is 4.38. The van der Waals surface area contributed by atoms with Crippen molar-refractivity contribution in [3.05, 3.63) is 58.1 Å². The van der Waals surface area contributed by atoms with Crippen LogP contribution in [0.1, 0.15) is 23.1 Å². The lowest BCUT2D eigenvalue weighted by atomic mass is 10.1. The third-order valence-corrected chi connectivity index (χ3v) is 5.47. The number of rotatable bonds is 5. The van der Waals surface area contributed by atoms with E-state index in [4.69, 9.17) is 16.3 Å². The summed E-state index contributed by atoms with van der Waals surface area (Å²) in [5, 5.41) is 3.26. The molecule has 0 aromatic heterocycles. The maximum absolute atomic E-state index is 12.3. The van der Waals surface area contributed by atoms with Gasteiger partial charge in [0.05, 0.1) is 5.92 Å². The first kappa shape index (κ1) is 20.9. The van der Waals surface area contributed by atoms with Crippen LogP contribution in [0.4, 0.5) is 11.4 Å². The number of aryl methyl sites for hydroxylation is 3. The molecule has 1 aliphatic heterocycles. The largest absolute Gasteiger partial charge is 0.455 e. The normalized spacial score (nSPS) is 16.1. The number of halogens is 1. The van der Waals surface area contributed by atoms with Crippen LogP contribution in [0.15, 0.2) is 36.4 Å². The van der Waals surface area contributed by atoms with Gasteiger partial charge in [-0.25, -0.2) is 0 Å². The molecule has 1 atom stereocenters. The molecule has 1 fully saturated rings. The summed E-state index contributed by atoms with van der Waals surface area (Å²) in [6.45, 7) is 5.62. The lowest BCUT2D eigenvalue weighted by molar-refractivity contribution is -0.151. The number of anilines is 2. The topological polar surface area (TPSA) is 75.7 Å². The molecule has 2 aromatic rings. The summed E-state index contributed by atoms with van der Waals surface area (Å²) in [6.07, 6.45) is 0.0447. The Hall–Kier alpha value is -2.86. The number of esters is 1. The molecule has 0 saturated carbocycles. The highest BCUT2D eigenvalue weighted by Gasteiger charge is 2.36. The Labute approximate surface area is 174 Å². The van der Waals surface area contributed by atoms with E-state index in [1.54, 1.807) is 18.2 Å². The van der Waals surface area contributed by atoms with Crippen molar-refractivity contribution in [2.24, 2.45) is 5.92 Å². The molecule has 29 heavy (non-hydrogen) atoms. The predicted molar refractivity (Wildman–Crippen MR) is 112 cm³/mol. The molecule has 0 aliphatic carbocycles. The molecule has 7 heteroatoms. The van der Waals surface area contributed by atoms with Crippen LogP contribution in [0.3, 0.4) is 0 Å². The van der Waals surface area contributed by atoms with Crippen LogP contribution in [0.5, 0.6) is 0 Å². The molecule has 1 saturated heterocycles. The van der Waals surface area contributed by atoms with Crippen LogP contribution in [0.2, 0.25) is 5.02 Å². The van der Waals surface area contributed by atoms with Gasteiger partial charge in [-0.15, -0.1) is 0 Å². The molecular formula is C22H23ClN2O4. The standard InChI is InChI=1S/C22H23ClN2O4/c1-13-4-6-17(8-15(13)3)24-20(26)12-29-22(28)16-9-21(27)25(11-16)18-7-5-14(2)19(23)10-18/h4-8,10,16H,9,11-12H2,1-3H3,(H,24,26)/t16-/m1/s1. The maximum atomic E-state index is 12.3. The third-order valence-electron chi connectivity index (χ3n) is 5.06. The molecule has 1 heterocycles. The molecule has 1 N–H and O–H groups in total. The Bertz CT molecular complexity index is 973. The summed E-state index contributed by atoms with van der Waals surface area (Å²) < 4.78 is 5.13. The van der Waals surface area contributed by atoms with Crippen molar-refractivity contribution < 1.29 is 19.1 Å². The minimum atomic E-state index is -0.614. The van der Waals surface area contributed by atoms with E-state index in [1.165, 1.54) is 4.90 Å². The molecule has 0 bridgehead atoms. The number of benzene rings is 2. The van der Waals surface area contributed by atoms with Gasteiger partial charge >= 0.3 is 5.97 Å².